The molecule has 4 heteroatoms. The molecule has 1 aromatic carbocycles. The molecule has 4 heterocycles. The second kappa shape index (κ2) is 5.37. The molecule has 2 aromatic rings. The smallest absolute Gasteiger partial charge is 0.0705 e. The average Bonchev–Trinajstić information content (AvgIpc) is 2.57. The van der Waals surface area contributed by atoms with Crippen molar-refractivity contribution in [2.75, 3.05) is 39.8 Å². The van der Waals surface area contributed by atoms with Crippen molar-refractivity contribution in [2.45, 2.75) is 12.1 Å². The van der Waals surface area contributed by atoms with E-state index in [0.29, 0.717) is 12.1 Å². The van der Waals surface area contributed by atoms with Gasteiger partial charge in [0.1, 0.15) is 0 Å². The van der Waals surface area contributed by atoms with Gasteiger partial charge in [-0.25, -0.2) is 0 Å². The monoisotopic (exact) mass is 282 g/mol. The van der Waals surface area contributed by atoms with Gasteiger partial charge in [-0.05, 0) is 24.7 Å². The molecule has 0 spiro atoms. The third-order valence-electron chi connectivity index (χ3n) is 5.03. The van der Waals surface area contributed by atoms with E-state index < -0.39 is 0 Å². The Morgan fingerprint density at radius 3 is 2.71 bits per heavy atom. The van der Waals surface area contributed by atoms with Crippen molar-refractivity contribution in [2.24, 2.45) is 0 Å². The van der Waals surface area contributed by atoms with Crippen molar-refractivity contribution >= 4 is 10.9 Å². The summed E-state index contributed by atoms with van der Waals surface area (Å²) in [5, 5.41) is 4.84. The Labute approximate surface area is 125 Å². The minimum absolute atomic E-state index is 0.362. The summed E-state index contributed by atoms with van der Waals surface area (Å²) in [5.41, 5.74) is 2.47. The van der Waals surface area contributed by atoms with Gasteiger partial charge in [-0.2, -0.15) is 0 Å². The van der Waals surface area contributed by atoms with Crippen LogP contribution in [0.25, 0.3) is 10.9 Å². The van der Waals surface area contributed by atoms with Gasteiger partial charge in [-0.3, -0.25) is 14.8 Å². The van der Waals surface area contributed by atoms with E-state index in [0.717, 1.165) is 5.52 Å². The lowest BCUT2D eigenvalue weighted by Crippen LogP contribution is -2.63. The van der Waals surface area contributed by atoms with Gasteiger partial charge >= 0.3 is 0 Å². The van der Waals surface area contributed by atoms with Gasteiger partial charge in [0.15, 0.2) is 0 Å². The summed E-state index contributed by atoms with van der Waals surface area (Å²) in [6, 6.07) is 11.6. The predicted molar refractivity (Wildman–Crippen MR) is 85.3 cm³/mol. The van der Waals surface area contributed by atoms with Crippen LogP contribution in [0.4, 0.5) is 0 Å². The summed E-state index contributed by atoms with van der Waals surface area (Å²) in [6.45, 7) is 6.02. The number of aromatic nitrogens is 1. The Kier molecular flexibility index (Phi) is 3.37. The molecule has 3 fully saturated rings. The molecule has 1 aromatic heterocycles. The lowest BCUT2D eigenvalue weighted by Gasteiger charge is -2.50. The maximum atomic E-state index is 4.50. The third kappa shape index (κ3) is 2.24. The van der Waals surface area contributed by atoms with E-state index >= 15 is 0 Å². The predicted octanol–water partition coefficient (Wildman–Crippen LogP) is 1.50. The van der Waals surface area contributed by atoms with Crippen LogP contribution < -0.4 is 5.32 Å². The highest BCUT2D eigenvalue weighted by atomic mass is 15.4. The molecule has 3 saturated heterocycles. The fourth-order valence-corrected chi connectivity index (χ4v) is 3.93. The number of likely N-dealkylation sites (N-methyl/N-ethyl adjacent to an activating group) is 1. The molecule has 3 aliphatic heterocycles. The average molecular weight is 282 g/mol. The first-order valence-electron chi connectivity index (χ1n) is 7.84. The van der Waals surface area contributed by atoms with Crippen LogP contribution in [0.3, 0.4) is 0 Å². The van der Waals surface area contributed by atoms with Gasteiger partial charge in [0.2, 0.25) is 0 Å². The first kappa shape index (κ1) is 13.2. The molecule has 0 amide bonds. The molecule has 2 unspecified atom stereocenters. The van der Waals surface area contributed by atoms with Crippen LogP contribution in [-0.4, -0.2) is 60.6 Å². The van der Waals surface area contributed by atoms with E-state index in [4.69, 9.17) is 0 Å². The maximum absolute atomic E-state index is 4.50. The normalized spacial score (nSPS) is 29.7. The Morgan fingerprint density at radius 2 is 2.00 bits per heavy atom. The molecule has 0 saturated carbocycles. The second-order valence-electron chi connectivity index (χ2n) is 6.09. The number of fused-ring (bicyclic) bond motifs is 4. The minimum atomic E-state index is 0.362. The summed E-state index contributed by atoms with van der Waals surface area (Å²) in [5.74, 6) is 0. The number of rotatable bonds is 3. The molecule has 2 bridgehead atoms. The molecule has 3 aliphatic rings. The zero-order valence-electron chi connectivity index (χ0n) is 12.5. The fraction of sp³-hybridized carbons (Fsp3) is 0.471. The highest BCUT2D eigenvalue weighted by Crippen LogP contribution is 2.30. The Bertz CT molecular complexity index is 628. The van der Waals surface area contributed by atoms with Crippen LogP contribution in [0.2, 0.25) is 0 Å². The van der Waals surface area contributed by atoms with E-state index in [1.54, 1.807) is 0 Å². The lowest BCUT2D eigenvalue weighted by atomic mass is 9.91. The van der Waals surface area contributed by atoms with E-state index in [1.807, 2.05) is 12.3 Å². The Balaban J connectivity index is 1.75. The van der Waals surface area contributed by atoms with Crippen LogP contribution in [0.15, 0.2) is 36.5 Å². The molecular weight excluding hydrogens is 260 g/mol. The zero-order valence-corrected chi connectivity index (χ0v) is 12.5. The third-order valence-corrected chi connectivity index (χ3v) is 5.03. The first-order valence-corrected chi connectivity index (χ1v) is 7.84. The fourth-order valence-electron chi connectivity index (χ4n) is 3.93. The van der Waals surface area contributed by atoms with Gasteiger partial charge in [-0.1, -0.05) is 18.2 Å². The summed E-state index contributed by atoms with van der Waals surface area (Å²) in [7, 11) is 2.08. The molecular formula is C17H22N4. The standard InChI is InChI=1S/C17H22N4/c1-18-17(16-12-20-8-10-21(16)11-9-20)14-4-2-6-15-13(14)5-3-7-19-15/h2-7,16-18H,8-12H2,1H3. The maximum Gasteiger partial charge on any atom is 0.0705 e. The Hall–Kier alpha value is -1.49. The first-order chi connectivity index (χ1) is 10.4. The van der Waals surface area contributed by atoms with Crippen LogP contribution in [0.1, 0.15) is 11.6 Å². The van der Waals surface area contributed by atoms with Crippen molar-refractivity contribution in [3.63, 3.8) is 0 Å². The van der Waals surface area contributed by atoms with E-state index in [2.05, 4.69) is 51.4 Å². The number of nitrogens with one attached hydrogen (secondary N) is 1. The largest absolute Gasteiger partial charge is 0.312 e. The number of nitrogens with zero attached hydrogens (tertiary/aromatic N) is 3. The number of hydrogen-bond donors (Lipinski definition) is 1. The quantitative estimate of drug-likeness (QED) is 0.924. The number of hydrogen-bond acceptors (Lipinski definition) is 4. The molecule has 21 heavy (non-hydrogen) atoms. The van der Waals surface area contributed by atoms with Crippen LogP contribution in [0.5, 0.6) is 0 Å². The molecule has 4 nitrogen and oxygen atoms in total. The van der Waals surface area contributed by atoms with Crippen LogP contribution in [0, 0.1) is 0 Å². The van der Waals surface area contributed by atoms with Crippen molar-refractivity contribution in [1.82, 2.24) is 20.1 Å². The second-order valence-corrected chi connectivity index (χ2v) is 6.09. The van der Waals surface area contributed by atoms with Crippen LogP contribution >= 0.6 is 0 Å². The van der Waals surface area contributed by atoms with E-state index in [-0.39, 0.29) is 0 Å². The SMILES string of the molecule is CNC(c1cccc2ncccc12)C1CN2CCN1CC2. The molecule has 1 N–H and O–H groups in total. The molecule has 5 rings (SSSR count). The highest BCUT2D eigenvalue weighted by molar-refractivity contribution is 5.82. The van der Waals surface area contributed by atoms with Gasteiger partial charge in [0.05, 0.1) is 5.52 Å². The van der Waals surface area contributed by atoms with Gasteiger partial charge < -0.3 is 5.32 Å². The van der Waals surface area contributed by atoms with Gasteiger partial charge in [0.25, 0.3) is 0 Å². The summed E-state index contributed by atoms with van der Waals surface area (Å²) >= 11 is 0. The highest BCUT2D eigenvalue weighted by Gasteiger charge is 2.37. The van der Waals surface area contributed by atoms with Crippen LogP contribution in [-0.2, 0) is 0 Å². The number of benzene rings is 1. The summed E-state index contributed by atoms with van der Waals surface area (Å²) in [6.07, 6.45) is 1.87. The van der Waals surface area contributed by atoms with Gasteiger partial charge in [-0.15, -0.1) is 0 Å². The number of pyridine rings is 1. The van der Waals surface area contributed by atoms with Crippen molar-refractivity contribution in [1.29, 1.82) is 0 Å². The van der Waals surface area contributed by atoms with E-state index in [1.165, 1.54) is 43.7 Å². The molecule has 0 aliphatic carbocycles. The summed E-state index contributed by atoms with van der Waals surface area (Å²) < 4.78 is 0. The minimum Gasteiger partial charge on any atom is -0.312 e. The number of piperazine rings is 3. The lowest BCUT2D eigenvalue weighted by molar-refractivity contribution is -0.00233. The molecule has 0 radical (unpaired) electrons. The van der Waals surface area contributed by atoms with Crippen molar-refractivity contribution in [3.8, 4) is 0 Å². The Morgan fingerprint density at radius 1 is 1.14 bits per heavy atom. The van der Waals surface area contributed by atoms with Crippen molar-refractivity contribution < 1.29 is 0 Å². The molecule has 110 valence electrons. The van der Waals surface area contributed by atoms with Crippen molar-refractivity contribution in [3.05, 3.63) is 42.1 Å². The molecule has 2 atom stereocenters. The topological polar surface area (TPSA) is 31.4 Å². The van der Waals surface area contributed by atoms with Gasteiger partial charge in [0, 0.05) is 56.4 Å². The summed E-state index contributed by atoms with van der Waals surface area (Å²) in [4.78, 5) is 9.74. The van der Waals surface area contributed by atoms with E-state index in [9.17, 15) is 0 Å². The zero-order chi connectivity index (χ0) is 14.2.